The van der Waals surface area contributed by atoms with E-state index in [2.05, 4.69) is 43.1 Å². The molecule has 0 saturated carbocycles. The Bertz CT molecular complexity index is 421. The zero-order chi connectivity index (χ0) is 14.5. The van der Waals surface area contributed by atoms with Crippen LogP contribution in [0.15, 0.2) is 24.3 Å². The lowest BCUT2D eigenvalue weighted by molar-refractivity contribution is 0.180. The van der Waals surface area contributed by atoms with Gasteiger partial charge in [-0.3, -0.25) is 4.90 Å². The minimum Gasteiger partial charge on any atom is -0.312 e. The lowest BCUT2D eigenvalue weighted by atomic mass is 9.98. The van der Waals surface area contributed by atoms with Crippen molar-refractivity contribution in [1.29, 1.82) is 0 Å². The van der Waals surface area contributed by atoms with Crippen LogP contribution in [0.4, 0.5) is 0 Å². The Labute approximate surface area is 128 Å². The summed E-state index contributed by atoms with van der Waals surface area (Å²) in [6.45, 7) is 10.1. The van der Waals surface area contributed by atoms with E-state index in [-0.39, 0.29) is 0 Å². The Balaban J connectivity index is 2.09. The van der Waals surface area contributed by atoms with Crippen molar-refractivity contribution >= 4 is 11.6 Å². The summed E-state index contributed by atoms with van der Waals surface area (Å²) in [5.41, 5.74) is 1.24. The van der Waals surface area contributed by atoms with Gasteiger partial charge in [0.2, 0.25) is 0 Å². The molecular weight excluding hydrogens is 268 g/mol. The SMILES string of the molecule is CCC(C)C1CN(Cc2ccccc2Cl)C(C)CCN1. The molecule has 112 valence electrons. The van der Waals surface area contributed by atoms with E-state index >= 15 is 0 Å². The fraction of sp³-hybridized carbons (Fsp3) is 0.647. The van der Waals surface area contributed by atoms with Gasteiger partial charge in [-0.15, -0.1) is 0 Å². The molecule has 3 heteroatoms. The van der Waals surface area contributed by atoms with Crippen molar-refractivity contribution in [2.45, 2.75) is 52.2 Å². The van der Waals surface area contributed by atoms with E-state index in [0.29, 0.717) is 18.0 Å². The van der Waals surface area contributed by atoms with Crippen LogP contribution in [0, 0.1) is 5.92 Å². The second-order valence-electron chi connectivity index (χ2n) is 6.10. The van der Waals surface area contributed by atoms with E-state index in [9.17, 15) is 0 Å². The molecule has 20 heavy (non-hydrogen) atoms. The molecule has 1 aliphatic heterocycles. The molecule has 3 unspecified atom stereocenters. The number of rotatable bonds is 4. The topological polar surface area (TPSA) is 15.3 Å². The number of nitrogens with one attached hydrogen (secondary N) is 1. The van der Waals surface area contributed by atoms with E-state index in [4.69, 9.17) is 11.6 Å². The highest BCUT2D eigenvalue weighted by Crippen LogP contribution is 2.22. The van der Waals surface area contributed by atoms with Gasteiger partial charge < -0.3 is 5.32 Å². The van der Waals surface area contributed by atoms with E-state index in [0.717, 1.165) is 24.7 Å². The average Bonchev–Trinajstić information content (AvgIpc) is 2.63. The van der Waals surface area contributed by atoms with Gasteiger partial charge in [-0.05, 0) is 37.4 Å². The van der Waals surface area contributed by atoms with Gasteiger partial charge in [0.05, 0.1) is 0 Å². The van der Waals surface area contributed by atoms with Gasteiger partial charge in [0.15, 0.2) is 0 Å². The molecule has 1 fully saturated rings. The molecule has 2 rings (SSSR count). The summed E-state index contributed by atoms with van der Waals surface area (Å²) in [5, 5.41) is 4.60. The zero-order valence-corrected chi connectivity index (χ0v) is 13.7. The Kier molecular flexibility index (Phi) is 5.88. The highest BCUT2D eigenvalue weighted by Gasteiger charge is 2.25. The molecule has 0 aromatic heterocycles. The van der Waals surface area contributed by atoms with Gasteiger partial charge in [-0.25, -0.2) is 0 Å². The van der Waals surface area contributed by atoms with Crippen molar-refractivity contribution in [2.24, 2.45) is 5.92 Å². The standard InChI is InChI=1S/C17H27ClN2/c1-4-13(2)17-12-20(14(3)9-10-19-17)11-15-7-5-6-8-16(15)18/h5-8,13-14,17,19H,4,9-12H2,1-3H3. The Hall–Kier alpha value is -0.570. The summed E-state index contributed by atoms with van der Waals surface area (Å²) in [4.78, 5) is 2.58. The number of hydrogen-bond donors (Lipinski definition) is 1. The van der Waals surface area contributed by atoms with Crippen LogP contribution in [0.3, 0.4) is 0 Å². The summed E-state index contributed by atoms with van der Waals surface area (Å²) in [5.74, 6) is 0.717. The maximum absolute atomic E-state index is 6.32. The highest BCUT2D eigenvalue weighted by molar-refractivity contribution is 6.31. The summed E-state index contributed by atoms with van der Waals surface area (Å²) in [6.07, 6.45) is 2.43. The monoisotopic (exact) mass is 294 g/mol. The fourth-order valence-electron chi connectivity index (χ4n) is 2.89. The van der Waals surface area contributed by atoms with Crippen LogP contribution in [0.5, 0.6) is 0 Å². The van der Waals surface area contributed by atoms with Gasteiger partial charge in [0.1, 0.15) is 0 Å². The molecule has 1 heterocycles. The van der Waals surface area contributed by atoms with Crippen LogP contribution < -0.4 is 5.32 Å². The molecule has 1 aliphatic rings. The Morgan fingerprint density at radius 1 is 1.40 bits per heavy atom. The van der Waals surface area contributed by atoms with Gasteiger partial charge in [-0.1, -0.05) is 50.1 Å². The van der Waals surface area contributed by atoms with Crippen LogP contribution in [0.25, 0.3) is 0 Å². The summed E-state index contributed by atoms with van der Waals surface area (Å²) in [6, 6.07) is 9.41. The first kappa shape index (κ1) is 15.8. The lowest BCUT2D eigenvalue weighted by Gasteiger charge is -2.31. The van der Waals surface area contributed by atoms with Crippen LogP contribution >= 0.6 is 11.6 Å². The van der Waals surface area contributed by atoms with Crippen molar-refractivity contribution in [3.63, 3.8) is 0 Å². The highest BCUT2D eigenvalue weighted by atomic mass is 35.5. The first-order valence-corrected chi connectivity index (χ1v) is 8.20. The number of benzene rings is 1. The average molecular weight is 295 g/mol. The maximum atomic E-state index is 6.32. The molecule has 1 aromatic rings. The van der Waals surface area contributed by atoms with E-state index in [1.165, 1.54) is 18.4 Å². The number of nitrogens with zero attached hydrogens (tertiary/aromatic N) is 1. The molecule has 3 atom stereocenters. The summed E-state index contributed by atoms with van der Waals surface area (Å²) < 4.78 is 0. The third-order valence-corrected chi connectivity index (χ3v) is 5.05. The predicted molar refractivity (Wildman–Crippen MR) is 87.2 cm³/mol. The molecule has 1 N–H and O–H groups in total. The van der Waals surface area contributed by atoms with E-state index < -0.39 is 0 Å². The lowest BCUT2D eigenvalue weighted by Crippen LogP contribution is -2.43. The van der Waals surface area contributed by atoms with Crippen LogP contribution in [0.1, 0.15) is 39.2 Å². The Morgan fingerprint density at radius 2 is 2.15 bits per heavy atom. The second-order valence-corrected chi connectivity index (χ2v) is 6.51. The van der Waals surface area contributed by atoms with Crippen LogP contribution in [-0.4, -0.2) is 30.1 Å². The first-order chi connectivity index (χ1) is 9.61. The van der Waals surface area contributed by atoms with E-state index in [1.807, 2.05) is 12.1 Å². The van der Waals surface area contributed by atoms with Gasteiger partial charge in [0.25, 0.3) is 0 Å². The Morgan fingerprint density at radius 3 is 2.85 bits per heavy atom. The smallest absolute Gasteiger partial charge is 0.0451 e. The molecule has 0 amide bonds. The number of halogens is 1. The van der Waals surface area contributed by atoms with Crippen molar-refractivity contribution in [3.8, 4) is 0 Å². The van der Waals surface area contributed by atoms with Crippen LogP contribution in [-0.2, 0) is 6.54 Å². The van der Waals surface area contributed by atoms with Gasteiger partial charge in [-0.2, -0.15) is 0 Å². The molecular formula is C17H27ClN2. The maximum Gasteiger partial charge on any atom is 0.0451 e. The van der Waals surface area contributed by atoms with Gasteiger partial charge >= 0.3 is 0 Å². The molecule has 0 radical (unpaired) electrons. The molecule has 0 aliphatic carbocycles. The van der Waals surface area contributed by atoms with Gasteiger partial charge in [0, 0.05) is 30.2 Å². The molecule has 1 aromatic carbocycles. The second kappa shape index (κ2) is 7.44. The zero-order valence-electron chi connectivity index (χ0n) is 12.9. The molecule has 2 nitrogen and oxygen atoms in total. The quantitative estimate of drug-likeness (QED) is 0.905. The molecule has 0 bridgehead atoms. The summed E-state index contributed by atoms with van der Waals surface area (Å²) in [7, 11) is 0. The normalized spacial score (nSPS) is 26.2. The van der Waals surface area contributed by atoms with E-state index in [1.54, 1.807) is 0 Å². The number of hydrogen-bond acceptors (Lipinski definition) is 2. The largest absolute Gasteiger partial charge is 0.312 e. The third kappa shape index (κ3) is 3.97. The fourth-order valence-corrected chi connectivity index (χ4v) is 3.08. The minimum absolute atomic E-state index is 0.590. The first-order valence-electron chi connectivity index (χ1n) is 7.82. The molecule has 1 saturated heterocycles. The van der Waals surface area contributed by atoms with Crippen molar-refractivity contribution < 1.29 is 0 Å². The third-order valence-electron chi connectivity index (χ3n) is 4.69. The molecule has 0 spiro atoms. The van der Waals surface area contributed by atoms with Crippen molar-refractivity contribution in [2.75, 3.05) is 13.1 Å². The predicted octanol–water partition coefficient (Wildman–Crippen LogP) is 3.94. The van der Waals surface area contributed by atoms with Crippen molar-refractivity contribution in [1.82, 2.24) is 10.2 Å². The van der Waals surface area contributed by atoms with Crippen LogP contribution in [0.2, 0.25) is 5.02 Å². The van der Waals surface area contributed by atoms with Crippen molar-refractivity contribution in [3.05, 3.63) is 34.9 Å². The minimum atomic E-state index is 0.590. The summed E-state index contributed by atoms with van der Waals surface area (Å²) >= 11 is 6.32.